The van der Waals surface area contributed by atoms with Gasteiger partial charge >= 0.3 is 0 Å². The van der Waals surface area contributed by atoms with Gasteiger partial charge in [0.1, 0.15) is 0 Å². The molecule has 1 N–H and O–H groups in total. The molecule has 0 amide bonds. The molecule has 5 heteroatoms. The van der Waals surface area contributed by atoms with Crippen LogP contribution in [-0.4, -0.2) is 32.4 Å². The lowest BCUT2D eigenvalue weighted by molar-refractivity contribution is 0.180. The standard InChI is InChI=1S/C10H18N2O2S/c1-8-12-9(7-14-3)10(15-8)6-11-4-5-13-2/h11H,4-7H2,1-3H3. The summed E-state index contributed by atoms with van der Waals surface area (Å²) in [5.41, 5.74) is 1.05. The summed E-state index contributed by atoms with van der Waals surface area (Å²) < 4.78 is 10.1. The zero-order valence-electron chi connectivity index (χ0n) is 9.50. The molecule has 15 heavy (non-hydrogen) atoms. The fraction of sp³-hybridized carbons (Fsp3) is 0.700. The van der Waals surface area contributed by atoms with Crippen LogP contribution in [0.1, 0.15) is 15.6 Å². The van der Waals surface area contributed by atoms with Gasteiger partial charge in [-0.2, -0.15) is 0 Å². The lowest BCUT2D eigenvalue weighted by Gasteiger charge is -2.03. The van der Waals surface area contributed by atoms with Crippen LogP contribution in [0.3, 0.4) is 0 Å². The molecule has 0 bridgehead atoms. The SMILES string of the molecule is COCCNCc1sc(C)nc1COC. The third-order valence-electron chi connectivity index (χ3n) is 1.93. The lowest BCUT2D eigenvalue weighted by atomic mass is 10.3. The first-order chi connectivity index (χ1) is 7.27. The number of nitrogens with one attached hydrogen (secondary N) is 1. The molecule has 0 fully saturated rings. The Morgan fingerprint density at radius 3 is 2.80 bits per heavy atom. The molecule has 1 aromatic rings. The van der Waals surface area contributed by atoms with Crippen LogP contribution in [0.4, 0.5) is 0 Å². The smallest absolute Gasteiger partial charge is 0.0901 e. The number of hydrogen-bond acceptors (Lipinski definition) is 5. The second-order valence-electron chi connectivity index (χ2n) is 3.21. The van der Waals surface area contributed by atoms with E-state index in [1.165, 1.54) is 4.88 Å². The Hall–Kier alpha value is -0.490. The second-order valence-corrected chi connectivity index (χ2v) is 4.49. The van der Waals surface area contributed by atoms with E-state index in [2.05, 4.69) is 10.3 Å². The van der Waals surface area contributed by atoms with E-state index < -0.39 is 0 Å². The highest BCUT2D eigenvalue weighted by atomic mass is 32.1. The van der Waals surface area contributed by atoms with Crippen LogP contribution < -0.4 is 5.32 Å². The summed E-state index contributed by atoms with van der Waals surface area (Å²) in [4.78, 5) is 5.68. The maximum Gasteiger partial charge on any atom is 0.0901 e. The Kier molecular flexibility index (Phi) is 5.78. The van der Waals surface area contributed by atoms with E-state index in [0.29, 0.717) is 6.61 Å². The summed E-state index contributed by atoms with van der Waals surface area (Å²) in [6.07, 6.45) is 0. The number of aromatic nitrogens is 1. The van der Waals surface area contributed by atoms with Crippen molar-refractivity contribution in [3.63, 3.8) is 0 Å². The minimum absolute atomic E-state index is 0.589. The monoisotopic (exact) mass is 230 g/mol. The maximum atomic E-state index is 5.10. The van der Waals surface area contributed by atoms with Gasteiger partial charge in [0, 0.05) is 32.2 Å². The Labute approximate surface area is 94.6 Å². The van der Waals surface area contributed by atoms with Crippen molar-refractivity contribution in [1.82, 2.24) is 10.3 Å². The summed E-state index contributed by atoms with van der Waals surface area (Å²) in [7, 11) is 3.39. The molecule has 1 heterocycles. The quantitative estimate of drug-likeness (QED) is 0.718. The highest BCUT2D eigenvalue weighted by Gasteiger charge is 2.07. The molecule has 4 nitrogen and oxygen atoms in total. The summed E-state index contributed by atoms with van der Waals surface area (Å²) in [5.74, 6) is 0. The van der Waals surface area contributed by atoms with Crippen LogP contribution >= 0.6 is 11.3 Å². The Balaban J connectivity index is 2.44. The van der Waals surface area contributed by atoms with Gasteiger partial charge in [0.2, 0.25) is 0 Å². The number of nitrogens with zero attached hydrogens (tertiary/aromatic N) is 1. The molecular weight excluding hydrogens is 212 g/mol. The van der Waals surface area contributed by atoms with E-state index in [1.807, 2.05) is 6.92 Å². The molecule has 0 unspecified atom stereocenters. The predicted molar refractivity (Wildman–Crippen MR) is 61.1 cm³/mol. The summed E-state index contributed by atoms with van der Waals surface area (Å²) in [5, 5.41) is 4.39. The van der Waals surface area contributed by atoms with Gasteiger partial charge in [-0.3, -0.25) is 0 Å². The van der Waals surface area contributed by atoms with Crippen LogP contribution in [0.25, 0.3) is 0 Å². The van der Waals surface area contributed by atoms with Gasteiger partial charge in [-0.25, -0.2) is 4.98 Å². The predicted octanol–water partition coefficient (Wildman–Crippen LogP) is 1.33. The number of hydrogen-bond donors (Lipinski definition) is 1. The second kappa shape index (κ2) is 6.90. The molecular formula is C10H18N2O2S. The molecule has 0 spiro atoms. The van der Waals surface area contributed by atoms with Crippen LogP contribution in [0.2, 0.25) is 0 Å². The van der Waals surface area contributed by atoms with E-state index >= 15 is 0 Å². The molecule has 0 radical (unpaired) electrons. The van der Waals surface area contributed by atoms with Crippen LogP contribution in [-0.2, 0) is 22.6 Å². The van der Waals surface area contributed by atoms with Gasteiger partial charge in [-0.05, 0) is 6.92 Å². The van der Waals surface area contributed by atoms with E-state index in [-0.39, 0.29) is 0 Å². The summed E-state index contributed by atoms with van der Waals surface area (Å²) in [6.45, 7) is 5.04. The topological polar surface area (TPSA) is 43.4 Å². The molecule has 0 atom stereocenters. The molecule has 86 valence electrons. The van der Waals surface area contributed by atoms with Gasteiger partial charge in [0.25, 0.3) is 0 Å². The van der Waals surface area contributed by atoms with Crippen molar-refractivity contribution in [2.24, 2.45) is 0 Å². The van der Waals surface area contributed by atoms with Crippen molar-refractivity contribution in [1.29, 1.82) is 0 Å². The third-order valence-corrected chi connectivity index (χ3v) is 2.95. The number of ether oxygens (including phenoxy) is 2. The Morgan fingerprint density at radius 2 is 2.13 bits per heavy atom. The molecule has 0 saturated carbocycles. The number of thiazole rings is 1. The molecule has 0 aromatic carbocycles. The molecule has 1 aromatic heterocycles. The van der Waals surface area contributed by atoms with Crippen LogP contribution in [0, 0.1) is 6.92 Å². The fourth-order valence-corrected chi connectivity index (χ4v) is 2.19. The number of methoxy groups -OCH3 is 2. The van der Waals surface area contributed by atoms with E-state index in [1.54, 1.807) is 25.6 Å². The van der Waals surface area contributed by atoms with Gasteiger partial charge in [-0.1, -0.05) is 0 Å². The first-order valence-corrected chi connectivity index (χ1v) is 5.73. The van der Waals surface area contributed by atoms with Crippen LogP contribution in [0.5, 0.6) is 0 Å². The molecule has 1 rings (SSSR count). The zero-order chi connectivity index (χ0) is 11.1. The minimum atomic E-state index is 0.589. The number of rotatable bonds is 7. The third kappa shape index (κ3) is 4.25. The normalized spacial score (nSPS) is 10.9. The molecule has 0 aliphatic rings. The van der Waals surface area contributed by atoms with Crippen LogP contribution in [0.15, 0.2) is 0 Å². The molecule has 0 aliphatic carbocycles. The summed E-state index contributed by atoms with van der Waals surface area (Å²) >= 11 is 1.72. The zero-order valence-corrected chi connectivity index (χ0v) is 10.3. The molecule has 0 aliphatic heterocycles. The van der Waals surface area contributed by atoms with E-state index in [4.69, 9.17) is 9.47 Å². The Bertz CT molecular complexity index is 289. The number of aryl methyl sites for hydroxylation is 1. The van der Waals surface area contributed by atoms with Crippen molar-refractivity contribution in [2.75, 3.05) is 27.4 Å². The van der Waals surface area contributed by atoms with Gasteiger partial charge < -0.3 is 14.8 Å². The average molecular weight is 230 g/mol. The van der Waals surface area contributed by atoms with Crippen molar-refractivity contribution in [2.45, 2.75) is 20.1 Å². The Morgan fingerprint density at radius 1 is 1.33 bits per heavy atom. The van der Waals surface area contributed by atoms with Crippen molar-refractivity contribution < 1.29 is 9.47 Å². The fourth-order valence-electron chi connectivity index (χ4n) is 1.28. The van der Waals surface area contributed by atoms with Crippen molar-refractivity contribution in [3.05, 3.63) is 15.6 Å². The molecule has 0 saturated heterocycles. The van der Waals surface area contributed by atoms with Gasteiger partial charge in [0.05, 0.1) is 23.9 Å². The highest BCUT2D eigenvalue weighted by molar-refractivity contribution is 7.11. The summed E-state index contributed by atoms with van der Waals surface area (Å²) in [6, 6.07) is 0. The maximum absolute atomic E-state index is 5.10. The first-order valence-electron chi connectivity index (χ1n) is 4.91. The highest BCUT2D eigenvalue weighted by Crippen LogP contribution is 2.18. The first kappa shape index (κ1) is 12.6. The average Bonchev–Trinajstić information content (AvgIpc) is 2.55. The largest absolute Gasteiger partial charge is 0.383 e. The van der Waals surface area contributed by atoms with E-state index in [9.17, 15) is 0 Å². The van der Waals surface area contributed by atoms with Gasteiger partial charge in [0.15, 0.2) is 0 Å². The van der Waals surface area contributed by atoms with Gasteiger partial charge in [-0.15, -0.1) is 11.3 Å². The van der Waals surface area contributed by atoms with E-state index in [0.717, 1.165) is 30.4 Å². The van der Waals surface area contributed by atoms with Crippen molar-refractivity contribution >= 4 is 11.3 Å². The minimum Gasteiger partial charge on any atom is -0.383 e. The lowest BCUT2D eigenvalue weighted by Crippen LogP contribution is -2.18. The van der Waals surface area contributed by atoms with Crippen molar-refractivity contribution in [3.8, 4) is 0 Å².